The molecule has 3 atom stereocenters. The summed E-state index contributed by atoms with van der Waals surface area (Å²) < 4.78 is 9.98. The summed E-state index contributed by atoms with van der Waals surface area (Å²) in [6.07, 6.45) is 1.28. The van der Waals surface area contributed by atoms with E-state index in [0.717, 1.165) is 0 Å². The maximum Gasteiger partial charge on any atom is 0.408 e. The predicted molar refractivity (Wildman–Crippen MR) is 128 cm³/mol. The number of carbonyl (C=O) groups excluding carboxylic acids is 4. The van der Waals surface area contributed by atoms with Crippen LogP contribution in [0.1, 0.15) is 65.5 Å². The Hall–Kier alpha value is -3.30. The molecule has 3 N–H and O–H groups in total. The first-order valence-electron chi connectivity index (χ1n) is 11.8. The van der Waals surface area contributed by atoms with E-state index in [0.29, 0.717) is 24.8 Å². The lowest BCUT2D eigenvalue weighted by molar-refractivity contribution is -0.145. The van der Waals surface area contributed by atoms with Gasteiger partial charge in [0.2, 0.25) is 11.8 Å². The number of carbonyl (C=O) groups is 4. The van der Waals surface area contributed by atoms with Crippen LogP contribution in [0.15, 0.2) is 24.3 Å². The molecule has 2 rings (SSSR count). The molecule has 35 heavy (non-hydrogen) atoms. The second-order valence-electron chi connectivity index (χ2n) is 9.77. The van der Waals surface area contributed by atoms with Gasteiger partial charge in [-0.15, -0.1) is 0 Å². The average molecular weight is 492 g/mol. The molecule has 0 heterocycles. The molecule has 0 radical (unpaired) electrons. The first-order chi connectivity index (χ1) is 16.4. The van der Waals surface area contributed by atoms with Crippen LogP contribution in [0.25, 0.3) is 0 Å². The quantitative estimate of drug-likeness (QED) is 0.428. The van der Waals surface area contributed by atoms with E-state index >= 15 is 0 Å². The van der Waals surface area contributed by atoms with Crippen molar-refractivity contribution in [3.05, 3.63) is 29.8 Å². The van der Waals surface area contributed by atoms with E-state index in [4.69, 9.17) is 4.74 Å². The van der Waals surface area contributed by atoms with Gasteiger partial charge in [0.1, 0.15) is 30.0 Å². The summed E-state index contributed by atoms with van der Waals surface area (Å²) in [6, 6.07) is 3.75. The van der Waals surface area contributed by atoms with Crippen molar-refractivity contribution in [3.8, 4) is 5.75 Å². The summed E-state index contributed by atoms with van der Waals surface area (Å²) in [6.45, 7) is 8.59. The Morgan fingerprint density at radius 1 is 1.14 bits per heavy atom. The largest absolute Gasteiger partial charge is 0.508 e. The van der Waals surface area contributed by atoms with Gasteiger partial charge in [-0.1, -0.05) is 32.4 Å². The fourth-order valence-corrected chi connectivity index (χ4v) is 3.57. The third kappa shape index (κ3) is 8.15. The topological polar surface area (TPSA) is 134 Å². The number of nitrogens with one attached hydrogen (secondary N) is 2. The maximum absolute atomic E-state index is 13.9. The van der Waals surface area contributed by atoms with Crippen molar-refractivity contribution in [2.24, 2.45) is 5.92 Å². The van der Waals surface area contributed by atoms with Crippen LogP contribution >= 0.6 is 0 Å². The minimum absolute atomic E-state index is 0.0100. The van der Waals surface area contributed by atoms with Crippen molar-refractivity contribution < 1.29 is 33.8 Å². The average Bonchev–Trinajstić information content (AvgIpc) is 3.62. The van der Waals surface area contributed by atoms with Crippen LogP contribution in [0.2, 0.25) is 0 Å². The fraction of sp³-hybridized carbons (Fsp3) is 0.600. The molecular weight excluding hydrogens is 454 g/mol. The van der Waals surface area contributed by atoms with E-state index < -0.39 is 41.6 Å². The van der Waals surface area contributed by atoms with Crippen LogP contribution in [-0.4, -0.2) is 65.2 Å². The van der Waals surface area contributed by atoms with Gasteiger partial charge in [0.25, 0.3) is 0 Å². The Morgan fingerprint density at radius 3 is 2.23 bits per heavy atom. The summed E-state index contributed by atoms with van der Waals surface area (Å²) >= 11 is 0. The Labute approximate surface area is 206 Å². The van der Waals surface area contributed by atoms with E-state index in [2.05, 4.69) is 15.4 Å². The molecule has 10 nitrogen and oxygen atoms in total. The lowest BCUT2D eigenvalue weighted by Gasteiger charge is -2.36. The highest BCUT2D eigenvalue weighted by atomic mass is 16.6. The molecule has 1 fully saturated rings. The minimum Gasteiger partial charge on any atom is -0.508 e. The van der Waals surface area contributed by atoms with Gasteiger partial charge in [0.05, 0.1) is 7.11 Å². The SMILES string of the molecule is CCC(C)C(NC(=O)OC(C)(C)C)C(=O)N(C1CC1)C(C(=O)NCC(=O)OC)c1ccc(O)cc1. The molecule has 0 saturated heterocycles. The van der Waals surface area contributed by atoms with Gasteiger partial charge in [0.15, 0.2) is 0 Å². The van der Waals surface area contributed by atoms with Gasteiger partial charge >= 0.3 is 12.1 Å². The number of rotatable bonds is 10. The zero-order chi connectivity index (χ0) is 26.3. The van der Waals surface area contributed by atoms with Crippen molar-refractivity contribution in [3.63, 3.8) is 0 Å². The Morgan fingerprint density at radius 2 is 1.74 bits per heavy atom. The number of methoxy groups -OCH3 is 1. The number of benzene rings is 1. The Kier molecular flexibility index (Phi) is 9.50. The number of ether oxygens (including phenoxy) is 2. The van der Waals surface area contributed by atoms with Crippen LogP contribution in [0, 0.1) is 5.92 Å². The van der Waals surface area contributed by atoms with E-state index in [1.807, 2.05) is 13.8 Å². The second kappa shape index (κ2) is 11.9. The molecule has 3 unspecified atom stereocenters. The van der Waals surface area contributed by atoms with Gasteiger partial charge < -0.3 is 30.1 Å². The van der Waals surface area contributed by atoms with Crippen molar-refractivity contribution in [1.82, 2.24) is 15.5 Å². The van der Waals surface area contributed by atoms with Crippen LogP contribution in [0.4, 0.5) is 4.79 Å². The molecule has 194 valence electrons. The number of nitrogens with zero attached hydrogens (tertiary/aromatic N) is 1. The fourth-order valence-electron chi connectivity index (χ4n) is 3.57. The van der Waals surface area contributed by atoms with Gasteiger partial charge in [-0.25, -0.2) is 4.79 Å². The molecular formula is C25H37N3O7. The van der Waals surface area contributed by atoms with Gasteiger partial charge in [-0.2, -0.15) is 0 Å². The van der Waals surface area contributed by atoms with Crippen LogP contribution in [0.3, 0.4) is 0 Å². The lowest BCUT2D eigenvalue weighted by atomic mass is 9.95. The molecule has 10 heteroatoms. The van der Waals surface area contributed by atoms with E-state index in [1.54, 1.807) is 32.9 Å². The molecule has 0 bridgehead atoms. The Bertz CT molecular complexity index is 907. The number of amides is 3. The third-order valence-electron chi connectivity index (χ3n) is 5.72. The van der Waals surface area contributed by atoms with Gasteiger partial charge in [-0.3, -0.25) is 14.4 Å². The number of phenols is 1. The number of aromatic hydroxyl groups is 1. The molecule has 1 aromatic carbocycles. The van der Waals surface area contributed by atoms with Crippen LogP contribution in [-0.2, 0) is 23.9 Å². The zero-order valence-electron chi connectivity index (χ0n) is 21.3. The van der Waals surface area contributed by atoms with E-state index in [9.17, 15) is 24.3 Å². The zero-order valence-corrected chi connectivity index (χ0v) is 21.3. The van der Waals surface area contributed by atoms with E-state index in [-0.39, 0.29) is 24.3 Å². The van der Waals surface area contributed by atoms with Crippen molar-refractivity contribution >= 4 is 23.9 Å². The van der Waals surface area contributed by atoms with Gasteiger partial charge in [-0.05, 0) is 57.2 Å². The Balaban J connectivity index is 2.43. The molecule has 0 aliphatic heterocycles. The number of phenolic OH excluding ortho intramolecular Hbond substituents is 1. The summed E-state index contributed by atoms with van der Waals surface area (Å²) in [5.74, 6) is -1.85. The number of hydrogen-bond acceptors (Lipinski definition) is 7. The normalized spacial score (nSPS) is 15.8. The number of alkyl carbamates (subject to hydrolysis) is 1. The second-order valence-corrected chi connectivity index (χ2v) is 9.77. The molecule has 1 aliphatic rings. The van der Waals surface area contributed by atoms with E-state index in [1.165, 1.54) is 24.1 Å². The molecule has 0 aromatic heterocycles. The van der Waals surface area contributed by atoms with Crippen LogP contribution < -0.4 is 10.6 Å². The van der Waals surface area contributed by atoms with Crippen LogP contribution in [0.5, 0.6) is 5.75 Å². The summed E-state index contributed by atoms with van der Waals surface area (Å²) in [4.78, 5) is 52.9. The third-order valence-corrected chi connectivity index (χ3v) is 5.72. The molecule has 1 saturated carbocycles. The van der Waals surface area contributed by atoms with Crippen molar-refractivity contribution in [1.29, 1.82) is 0 Å². The highest BCUT2D eigenvalue weighted by Crippen LogP contribution is 2.36. The maximum atomic E-state index is 13.9. The summed E-state index contributed by atoms with van der Waals surface area (Å²) in [5.41, 5.74) is -0.281. The molecule has 3 amide bonds. The lowest BCUT2D eigenvalue weighted by Crippen LogP contribution is -2.56. The van der Waals surface area contributed by atoms with Gasteiger partial charge in [0, 0.05) is 6.04 Å². The highest BCUT2D eigenvalue weighted by molar-refractivity contribution is 5.93. The minimum atomic E-state index is -1.08. The molecule has 1 aromatic rings. The number of hydrogen-bond donors (Lipinski definition) is 3. The summed E-state index contributed by atoms with van der Waals surface area (Å²) in [5, 5.41) is 15.0. The smallest absolute Gasteiger partial charge is 0.408 e. The molecule has 1 aliphatic carbocycles. The molecule has 0 spiro atoms. The predicted octanol–water partition coefficient (Wildman–Crippen LogP) is 2.65. The number of esters is 1. The van der Waals surface area contributed by atoms with Crippen molar-refractivity contribution in [2.75, 3.05) is 13.7 Å². The first-order valence-corrected chi connectivity index (χ1v) is 11.8. The standard InChI is InChI=1S/C25H37N3O7/c1-7-15(2)20(27-24(33)35-25(3,4)5)23(32)28(17-10-11-17)21(16-8-12-18(29)13-9-16)22(31)26-14-19(30)34-6/h8-9,12-13,15,17,20-21,29H,7,10-11,14H2,1-6H3,(H,26,31)(H,27,33). The monoisotopic (exact) mass is 491 g/mol. The highest BCUT2D eigenvalue weighted by Gasteiger charge is 2.45. The summed E-state index contributed by atoms with van der Waals surface area (Å²) in [7, 11) is 1.21. The first kappa shape index (κ1) is 27.9. The van der Waals surface area contributed by atoms with Crippen molar-refractivity contribution in [2.45, 2.75) is 77.6 Å².